The van der Waals surface area contributed by atoms with Gasteiger partial charge < -0.3 is 30.1 Å². The Kier molecular flexibility index (Phi) is 10.1. The molecule has 3 N–H and O–H groups in total. The summed E-state index contributed by atoms with van der Waals surface area (Å²) in [6.07, 6.45) is 11.2. The summed E-state index contributed by atoms with van der Waals surface area (Å²) in [6.45, 7) is 4.89. The molecular weight excluding hydrogens is 677 g/mol. The van der Waals surface area contributed by atoms with Crippen LogP contribution in [0.2, 0.25) is 0 Å². The molecule has 4 saturated carbocycles. The van der Waals surface area contributed by atoms with Crippen molar-refractivity contribution in [2.75, 3.05) is 37.6 Å². The Morgan fingerprint density at radius 1 is 0.759 bits per heavy atom. The number of carbonyl (C=O) groups excluding carboxylic acids is 1. The Balaban J connectivity index is 0.843. The van der Waals surface area contributed by atoms with Crippen molar-refractivity contribution in [1.29, 1.82) is 0 Å². The molecule has 10 nitrogen and oxygen atoms in total. The van der Waals surface area contributed by atoms with Gasteiger partial charge in [0.15, 0.2) is 6.29 Å². The third-order valence-electron chi connectivity index (χ3n) is 12.6. The van der Waals surface area contributed by atoms with Crippen molar-refractivity contribution >= 4 is 12.0 Å². The maximum Gasteiger partial charge on any atom is 0.315 e. The Labute approximate surface area is 318 Å². The van der Waals surface area contributed by atoms with Gasteiger partial charge in [-0.1, -0.05) is 66.7 Å². The summed E-state index contributed by atoms with van der Waals surface area (Å²) in [5.41, 5.74) is 6.24. The number of hydrogen-bond donors (Lipinski definition) is 3. The molecule has 0 spiro atoms. The van der Waals surface area contributed by atoms with Crippen LogP contribution in [0.25, 0.3) is 11.1 Å². The number of anilines is 1. The lowest BCUT2D eigenvalue weighted by molar-refractivity contribution is -0.253. The van der Waals surface area contributed by atoms with Gasteiger partial charge in [-0.25, -0.2) is 14.8 Å². The van der Waals surface area contributed by atoms with Crippen LogP contribution < -0.4 is 15.5 Å². The first-order chi connectivity index (χ1) is 26.5. The van der Waals surface area contributed by atoms with E-state index < -0.39 is 6.29 Å². The van der Waals surface area contributed by atoms with Gasteiger partial charge in [-0.3, -0.25) is 4.90 Å². The van der Waals surface area contributed by atoms with Crippen LogP contribution in [0.4, 0.5) is 10.7 Å². The molecule has 54 heavy (non-hydrogen) atoms. The number of aliphatic hydroxyl groups is 1. The molecule has 282 valence electrons. The zero-order valence-corrected chi connectivity index (χ0v) is 31.0. The minimum Gasteiger partial charge on any atom is -0.392 e. The molecule has 4 aliphatic carbocycles. The van der Waals surface area contributed by atoms with E-state index in [-0.39, 0.29) is 30.4 Å². The van der Waals surface area contributed by atoms with Crippen molar-refractivity contribution in [3.8, 4) is 11.1 Å². The molecule has 3 atom stereocenters. The Bertz CT molecular complexity index is 1850. The fourth-order valence-electron chi connectivity index (χ4n) is 10.3. The molecule has 6 fully saturated rings. The zero-order valence-electron chi connectivity index (χ0n) is 31.0. The van der Waals surface area contributed by atoms with E-state index in [4.69, 9.17) is 9.47 Å². The second-order valence-electron chi connectivity index (χ2n) is 16.5. The molecule has 6 aliphatic rings. The number of hydrogen-bond acceptors (Lipinski definition) is 8. The van der Waals surface area contributed by atoms with E-state index in [9.17, 15) is 9.90 Å². The van der Waals surface area contributed by atoms with E-state index in [1.165, 1.54) is 19.3 Å². The van der Waals surface area contributed by atoms with Gasteiger partial charge in [-0.05, 0) is 96.2 Å². The van der Waals surface area contributed by atoms with Crippen LogP contribution in [0.3, 0.4) is 0 Å². The zero-order chi connectivity index (χ0) is 36.5. The third kappa shape index (κ3) is 7.89. The maximum atomic E-state index is 13.1. The lowest BCUT2D eigenvalue weighted by Crippen LogP contribution is -2.61. The minimum atomic E-state index is -0.512. The van der Waals surface area contributed by atoms with Gasteiger partial charge in [-0.15, -0.1) is 0 Å². The number of piperazine rings is 1. The highest BCUT2D eigenvalue weighted by atomic mass is 16.7. The van der Waals surface area contributed by atoms with E-state index >= 15 is 0 Å². The average Bonchev–Trinajstić information content (AvgIpc) is 3.20. The van der Waals surface area contributed by atoms with Crippen LogP contribution in [-0.4, -0.2) is 70.4 Å². The second-order valence-corrected chi connectivity index (χ2v) is 16.5. The Morgan fingerprint density at radius 2 is 1.44 bits per heavy atom. The molecule has 0 radical (unpaired) electrons. The van der Waals surface area contributed by atoms with E-state index in [1.807, 2.05) is 18.2 Å². The van der Waals surface area contributed by atoms with E-state index in [2.05, 4.69) is 91.1 Å². The molecular formula is C44H52N6O4. The Hall–Kier alpha value is -4.35. The number of benzene rings is 3. The average molecular weight is 729 g/mol. The van der Waals surface area contributed by atoms with Gasteiger partial charge in [0, 0.05) is 69.2 Å². The SMILES string of the molecule is O=C(NCc1cccc(-c2ccc([C@H]3O[C@@H](CN4CCN(c5ncccn5)CC4)C[C@@H](c4ccc(CO)cc4)O3)cc2)c1)NC12CC3CC(CC(C3)C1)C2. The van der Waals surface area contributed by atoms with Crippen molar-refractivity contribution in [2.24, 2.45) is 17.8 Å². The van der Waals surface area contributed by atoms with Crippen molar-refractivity contribution in [3.63, 3.8) is 0 Å². The quantitative estimate of drug-likeness (QED) is 0.164. The fourth-order valence-corrected chi connectivity index (χ4v) is 10.3. The number of aliphatic hydroxyl groups excluding tert-OH is 1. The van der Waals surface area contributed by atoms with E-state index in [0.29, 0.717) is 6.54 Å². The van der Waals surface area contributed by atoms with Crippen LogP contribution in [0, 0.1) is 17.8 Å². The van der Waals surface area contributed by atoms with Crippen molar-refractivity contribution < 1.29 is 19.4 Å². The van der Waals surface area contributed by atoms with Crippen LogP contribution in [-0.2, 0) is 22.6 Å². The second kappa shape index (κ2) is 15.4. The minimum absolute atomic E-state index is 0.00659. The number of carbonyl (C=O) groups is 1. The number of ether oxygens (including phenoxy) is 2. The van der Waals surface area contributed by atoms with Crippen molar-refractivity contribution in [1.82, 2.24) is 25.5 Å². The largest absolute Gasteiger partial charge is 0.392 e. The van der Waals surface area contributed by atoms with Crippen LogP contribution in [0.15, 0.2) is 91.3 Å². The molecule has 1 aromatic heterocycles. The third-order valence-corrected chi connectivity index (χ3v) is 12.6. The first-order valence-electron chi connectivity index (χ1n) is 20.0. The molecule has 0 unspecified atom stereocenters. The molecule has 3 aromatic carbocycles. The van der Waals surface area contributed by atoms with Crippen molar-refractivity contribution in [3.05, 3.63) is 114 Å². The predicted molar refractivity (Wildman–Crippen MR) is 207 cm³/mol. The number of rotatable bonds is 10. The summed E-state index contributed by atoms with van der Waals surface area (Å²) in [7, 11) is 0. The Morgan fingerprint density at radius 3 is 2.13 bits per heavy atom. The summed E-state index contributed by atoms with van der Waals surface area (Å²) in [5, 5.41) is 16.2. The lowest BCUT2D eigenvalue weighted by Gasteiger charge is -2.56. The fraction of sp³-hybridized carbons (Fsp3) is 0.477. The van der Waals surface area contributed by atoms with E-state index in [1.54, 1.807) is 12.4 Å². The monoisotopic (exact) mass is 728 g/mol. The topological polar surface area (TPSA) is 112 Å². The van der Waals surface area contributed by atoms with Gasteiger partial charge in [0.25, 0.3) is 0 Å². The molecule has 10 rings (SSSR count). The summed E-state index contributed by atoms with van der Waals surface area (Å²) in [5.74, 6) is 3.18. The highest BCUT2D eigenvalue weighted by Gasteiger charge is 2.51. The first kappa shape index (κ1) is 35.4. The molecule has 4 aromatic rings. The van der Waals surface area contributed by atoms with Gasteiger partial charge in [-0.2, -0.15) is 0 Å². The molecule has 10 heteroatoms. The molecule has 2 saturated heterocycles. The van der Waals surface area contributed by atoms with E-state index in [0.717, 1.165) is 115 Å². The normalized spacial score (nSPS) is 29.2. The maximum absolute atomic E-state index is 13.1. The molecule has 2 amide bonds. The predicted octanol–water partition coefficient (Wildman–Crippen LogP) is 6.77. The lowest BCUT2D eigenvalue weighted by atomic mass is 9.53. The summed E-state index contributed by atoms with van der Waals surface area (Å²) in [4.78, 5) is 26.7. The molecule has 3 heterocycles. The number of amides is 2. The summed E-state index contributed by atoms with van der Waals surface area (Å²) < 4.78 is 13.4. The number of nitrogens with zero attached hydrogens (tertiary/aromatic N) is 4. The first-order valence-corrected chi connectivity index (χ1v) is 20.0. The standard InChI is InChI=1S/C44H52N6O4/c51-29-30-5-7-36(8-6-30)40-23-39(28-49-15-17-50(18-16-49)42-45-13-2-14-46-42)53-41(54-40)37-11-9-35(10-12-37)38-4-1-3-31(22-38)27-47-43(52)48-44-24-32-19-33(25-44)21-34(20-32)26-44/h1-14,22,32-34,39-41,51H,15-21,23-29H2,(H2,47,48,52)/t32?,33?,34?,39-,40+,41+,44?/m1/s1. The highest BCUT2D eigenvalue weighted by molar-refractivity contribution is 5.75. The smallest absolute Gasteiger partial charge is 0.315 e. The number of nitrogens with one attached hydrogen (secondary N) is 2. The van der Waals surface area contributed by atoms with Crippen LogP contribution in [0.5, 0.6) is 0 Å². The molecule has 4 bridgehead atoms. The van der Waals surface area contributed by atoms with Crippen molar-refractivity contribution in [2.45, 2.75) is 82.1 Å². The summed E-state index contributed by atoms with van der Waals surface area (Å²) in [6, 6.07) is 26.8. The number of aromatic nitrogens is 2. The van der Waals surface area contributed by atoms with Crippen LogP contribution in [0.1, 0.15) is 79.6 Å². The molecule has 2 aliphatic heterocycles. The van der Waals surface area contributed by atoms with Gasteiger partial charge in [0.2, 0.25) is 5.95 Å². The van der Waals surface area contributed by atoms with Gasteiger partial charge in [0.1, 0.15) is 0 Å². The van der Waals surface area contributed by atoms with Gasteiger partial charge >= 0.3 is 6.03 Å². The highest BCUT2D eigenvalue weighted by Crippen LogP contribution is 2.55. The summed E-state index contributed by atoms with van der Waals surface area (Å²) >= 11 is 0. The van der Waals surface area contributed by atoms with Crippen LogP contribution >= 0.6 is 0 Å². The number of urea groups is 1. The van der Waals surface area contributed by atoms with Gasteiger partial charge in [0.05, 0.1) is 18.8 Å².